The number of nitrogens with zero attached hydrogens (tertiary/aromatic N) is 2. The molecule has 1 saturated heterocycles. The van der Waals surface area contributed by atoms with Gasteiger partial charge in [-0.25, -0.2) is 4.79 Å². The summed E-state index contributed by atoms with van der Waals surface area (Å²) in [6, 6.07) is 9.24. The van der Waals surface area contributed by atoms with Gasteiger partial charge in [-0.05, 0) is 25.0 Å². The number of rotatable bonds is 2. The zero-order valence-electron chi connectivity index (χ0n) is 11.5. The Bertz CT molecular complexity index is 493. The number of benzene rings is 1. The maximum atomic E-state index is 12.1. The summed E-state index contributed by atoms with van der Waals surface area (Å²) >= 11 is 0. The normalized spacial score (nSPS) is 18.6. The molecular weight excluding hydrogens is 256 g/mol. The van der Waals surface area contributed by atoms with Crippen LogP contribution in [0.2, 0.25) is 0 Å². The van der Waals surface area contributed by atoms with Crippen LogP contribution in [0.5, 0.6) is 0 Å². The van der Waals surface area contributed by atoms with Crippen LogP contribution in [0.1, 0.15) is 19.8 Å². The van der Waals surface area contributed by atoms with Gasteiger partial charge < -0.3 is 21.2 Å². The van der Waals surface area contributed by atoms with Crippen molar-refractivity contribution in [3.05, 3.63) is 30.3 Å². The molecule has 0 aromatic heterocycles. The van der Waals surface area contributed by atoms with Gasteiger partial charge in [0, 0.05) is 24.2 Å². The molecule has 1 aromatic carbocycles. The minimum atomic E-state index is -0.335. The van der Waals surface area contributed by atoms with Crippen LogP contribution in [0.15, 0.2) is 35.5 Å². The fraction of sp³-hybridized carbons (Fsp3) is 0.429. The predicted molar refractivity (Wildman–Crippen MR) is 77.8 cm³/mol. The largest absolute Gasteiger partial charge is 0.409 e. The first-order valence-corrected chi connectivity index (χ1v) is 6.64. The number of amidine groups is 1. The van der Waals surface area contributed by atoms with Gasteiger partial charge in [-0.3, -0.25) is 0 Å². The summed E-state index contributed by atoms with van der Waals surface area (Å²) < 4.78 is 0. The minimum Gasteiger partial charge on any atom is -0.409 e. The molecule has 20 heavy (non-hydrogen) atoms. The van der Waals surface area contributed by atoms with Gasteiger partial charge in [-0.15, -0.1) is 0 Å². The molecule has 2 amide bonds. The summed E-state index contributed by atoms with van der Waals surface area (Å²) in [4.78, 5) is 13.9. The lowest BCUT2D eigenvalue weighted by molar-refractivity contribution is 0.168. The third kappa shape index (κ3) is 3.01. The van der Waals surface area contributed by atoms with Crippen molar-refractivity contribution in [1.82, 2.24) is 4.90 Å². The van der Waals surface area contributed by atoms with Gasteiger partial charge >= 0.3 is 6.03 Å². The van der Waals surface area contributed by atoms with Gasteiger partial charge in [0.25, 0.3) is 0 Å². The molecule has 0 bridgehead atoms. The van der Waals surface area contributed by atoms with Gasteiger partial charge in [-0.1, -0.05) is 30.3 Å². The lowest BCUT2D eigenvalue weighted by Gasteiger charge is -2.38. The number of hydrogen-bond acceptors (Lipinski definition) is 3. The number of para-hydroxylation sites is 1. The van der Waals surface area contributed by atoms with Gasteiger partial charge in [0.05, 0.1) is 0 Å². The number of anilines is 1. The molecule has 0 aliphatic carbocycles. The second-order valence-electron chi connectivity index (χ2n) is 5.33. The topological polar surface area (TPSA) is 91.0 Å². The van der Waals surface area contributed by atoms with Crippen LogP contribution in [0.3, 0.4) is 0 Å². The van der Waals surface area contributed by atoms with Crippen molar-refractivity contribution >= 4 is 17.6 Å². The van der Waals surface area contributed by atoms with E-state index < -0.39 is 0 Å². The van der Waals surface area contributed by atoms with Gasteiger partial charge in [-0.2, -0.15) is 0 Å². The summed E-state index contributed by atoms with van der Waals surface area (Å²) in [5.41, 5.74) is 6.15. The van der Waals surface area contributed by atoms with E-state index in [1.54, 1.807) is 4.90 Å². The monoisotopic (exact) mass is 276 g/mol. The molecule has 1 aliphatic rings. The fourth-order valence-corrected chi connectivity index (χ4v) is 2.30. The van der Waals surface area contributed by atoms with E-state index in [1.165, 1.54) is 0 Å². The minimum absolute atomic E-state index is 0.113. The summed E-state index contributed by atoms with van der Waals surface area (Å²) in [6.45, 7) is 3.13. The molecule has 0 spiro atoms. The first-order valence-electron chi connectivity index (χ1n) is 6.64. The van der Waals surface area contributed by atoms with Crippen LogP contribution in [-0.2, 0) is 0 Å². The second kappa shape index (κ2) is 5.81. The fourth-order valence-electron chi connectivity index (χ4n) is 2.30. The molecule has 1 aliphatic heterocycles. The van der Waals surface area contributed by atoms with E-state index in [0.717, 1.165) is 5.69 Å². The number of oxime groups is 1. The molecule has 0 unspecified atom stereocenters. The molecule has 0 atom stereocenters. The molecule has 2 rings (SSSR count). The zero-order chi connectivity index (χ0) is 14.6. The highest BCUT2D eigenvalue weighted by Gasteiger charge is 2.35. The third-order valence-electron chi connectivity index (χ3n) is 3.91. The summed E-state index contributed by atoms with van der Waals surface area (Å²) in [7, 11) is 0. The number of amides is 2. The number of nitrogens with two attached hydrogens (primary N) is 1. The van der Waals surface area contributed by atoms with Crippen LogP contribution in [-0.4, -0.2) is 35.1 Å². The van der Waals surface area contributed by atoms with E-state index in [0.29, 0.717) is 25.9 Å². The van der Waals surface area contributed by atoms with Crippen molar-refractivity contribution in [2.45, 2.75) is 19.8 Å². The zero-order valence-corrected chi connectivity index (χ0v) is 11.5. The highest BCUT2D eigenvalue weighted by molar-refractivity contribution is 5.90. The molecule has 6 nitrogen and oxygen atoms in total. The van der Waals surface area contributed by atoms with Crippen molar-refractivity contribution < 1.29 is 10.0 Å². The first-order chi connectivity index (χ1) is 9.55. The Labute approximate surface area is 118 Å². The van der Waals surface area contributed by atoms with E-state index in [2.05, 4.69) is 10.5 Å². The Kier molecular flexibility index (Phi) is 4.12. The summed E-state index contributed by atoms with van der Waals surface area (Å²) in [5.74, 6) is 0.237. The molecule has 4 N–H and O–H groups in total. The van der Waals surface area contributed by atoms with Crippen molar-refractivity contribution in [2.24, 2.45) is 16.3 Å². The van der Waals surface area contributed by atoms with Gasteiger partial charge in [0.1, 0.15) is 5.84 Å². The molecule has 6 heteroatoms. The van der Waals surface area contributed by atoms with E-state index >= 15 is 0 Å². The van der Waals surface area contributed by atoms with Crippen molar-refractivity contribution in [3.63, 3.8) is 0 Å². The van der Waals surface area contributed by atoms with Crippen LogP contribution in [0.4, 0.5) is 10.5 Å². The average molecular weight is 276 g/mol. The predicted octanol–water partition coefficient (Wildman–Crippen LogP) is 2.07. The van der Waals surface area contributed by atoms with Crippen LogP contribution < -0.4 is 11.1 Å². The number of nitrogens with one attached hydrogen (secondary N) is 1. The van der Waals surface area contributed by atoms with Crippen molar-refractivity contribution in [1.29, 1.82) is 0 Å². The van der Waals surface area contributed by atoms with E-state index in [1.807, 2.05) is 37.3 Å². The number of carbonyl (C=O) groups is 1. The van der Waals surface area contributed by atoms with E-state index in [-0.39, 0.29) is 17.3 Å². The van der Waals surface area contributed by atoms with Crippen LogP contribution in [0.25, 0.3) is 0 Å². The Hall–Kier alpha value is -2.24. The molecule has 1 heterocycles. The molecule has 0 saturated carbocycles. The van der Waals surface area contributed by atoms with Crippen molar-refractivity contribution in [2.75, 3.05) is 18.4 Å². The number of urea groups is 1. The van der Waals surface area contributed by atoms with E-state index in [4.69, 9.17) is 10.9 Å². The number of hydrogen-bond donors (Lipinski definition) is 3. The van der Waals surface area contributed by atoms with Gasteiger partial charge in [0.2, 0.25) is 0 Å². The standard InChI is InChI=1S/C14H20N4O2/c1-14(12(15)17-20)7-9-18(10-8-14)13(19)16-11-5-3-2-4-6-11/h2-6,20H,7-10H2,1H3,(H2,15,17)(H,16,19). The number of likely N-dealkylation sites (tertiary alicyclic amines) is 1. The SMILES string of the molecule is CC1(/C(N)=N/O)CCN(C(=O)Nc2ccccc2)CC1. The van der Waals surface area contributed by atoms with Crippen molar-refractivity contribution in [3.8, 4) is 0 Å². The number of piperidine rings is 1. The van der Waals surface area contributed by atoms with E-state index in [9.17, 15) is 4.79 Å². The maximum absolute atomic E-state index is 12.1. The Balaban J connectivity index is 1.92. The molecule has 0 radical (unpaired) electrons. The lowest BCUT2D eigenvalue weighted by Crippen LogP contribution is -2.48. The first kappa shape index (κ1) is 14.2. The Morgan fingerprint density at radius 2 is 1.95 bits per heavy atom. The maximum Gasteiger partial charge on any atom is 0.321 e. The smallest absolute Gasteiger partial charge is 0.321 e. The van der Waals surface area contributed by atoms with Crippen LogP contribution >= 0.6 is 0 Å². The summed E-state index contributed by atoms with van der Waals surface area (Å²) in [6.07, 6.45) is 1.37. The quantitative estimate of drug-likeness (QED) is 0.334. The summed E-state index contributed by atoms with van der Waals surface area (Å²) in [5, 5.41) is 14.7. The third-order valence-corrected chi connectivity index (χ3v) is 3.91. The highest BCUT2D eigenvalue weighted by Crippen LogP contribution is 2.31. The Morgan fingerprint density at radius 3 is 2.50 bits per heavy atom. The molecule has 108 valence electrons. The lowest BCUT2D eigenvalue weighted by atomic mass is 9.79. The molecule has 1 fully saturated rings. The number of carbonyl (C=O) groups excluding carboxylic acids is 1. The molecular formula is C14H20N4O2. The highest BCUT2D eigenvalue weighted by atomic mass is 16.4. The average Bonchev–Trinajstić information content (AvgIpc) is 2.48. The second-order valence-corrected chi connectivity index (χ2v) is 5.33. The van der Waals surface area contributed by atoms with Crippen LogP contribution in [0, 0.1) is 5.41 Å². The Morgan fingerprint density at radius 1 is 1.35 bits per heavy atom. The molecule has 1 aromatic rings. The van der Waals surface area contributed by atoms with Gasteiger partial charge in [0.15, 0.2) is 0 Å².